The average molecular weight is 369 g/mol. The molecule has 3 aromatic rings. The topological polar surface area (TPSA) is 64.2 Å². The van der Waals surface area contributed by atoms with Gasteiger partial charge in [0.15, 0.2) is 0 Å². The smallest absolute Gasteiger partial charge is 0.287 e. The van der Waals surface area contributed by atoms with Crippen molar-refractivity contribution in [3.05, 3.63) is 56.3 Å². The highest BCUT2D eigenvalue weighted by atomic mass is 79.9. The number of aryl methyl sites for hydroxylation is 1. The van der Waals surface area contributed by atoms with E-state index in [4.69, 9.17) is 11.6 Å². The minimum Gasteiger partial charge on any atom is -0.377 e. The van der Waals surface area contributed by atoms with Crippen molar-refractivity contribution in [3.63, 3.8) is 0 Å². The monoisotopic (exact) mass is 367 g/mol. The molecule has 8 heteroatoms. The Bertz CT molecular complexity index is 873. The summed E-state index contributed by atoms with van der Waals surface area (Å²) in [7, 11) is 1.55. The Balaban J connectivity index is 1.83. The number of fused-ring (bicyclic) bond motifs is 1. The molecule has 0 aromatic carbocycles. The molecule has 3 heterocycles. The van der Waals surface area contributed by atoms with Crippen LogP contribution in [0.1, 0.15) is 5.69 Å². The predicted octanol–water partition coefficient (Wildman–Crippen LogP) is 2.46. The Kier molecular flexibility index (Phi) is 3.69. The normalized spacial score (nSPS) is 11.0. The van der Waals surface area contributed by atoms with Crippen molar-refractivity contribution >= 4 is 38.9 Å². The van der Waals surface area contributed by atoms with Gasteiger partial charge in [0.05, 0.1) is 24.1 Å². The van der Waals surface area contributed by atoms with Crippen LogP contribution in [-0.2, 0) is 13.6 Å². The van der Waals surface area contributed by atoms with E-state index in [1.54, 1.807) is 7.05 Å². The molecule has 0 aliphatic rings. The van der Waals surface area contributed by atoms with E-state index in [-0.39, 0.29) is 10.6 Å². The van der Waals surface area contributed by atoms with E-state index >= 15 is 0 Å². The number of imidazole rings is 1. The lowest BCUT2D eigenvalue weighted by atomic mass is 10.4. The minimum absolute atomic E-state index is 0.124. The summed E-state index contributed by atoms with van der Waals surface area (Å²) >= 11 is 9.41. The van der Waals surface area contributed by atoms with Crippen LogP contribution < -0.4 is 10.9 Å². The van der Waals surface area contributed by atoms with Crippen molar-refractivity contribution in [2.75, 3.05) is 5.32 Å². The second-order valence-electron chi connectivity index (χ2n) is 4.50. The van der Waals surface area contributed by atoms with Crippen LogP contribution in [0.4, 0.5) is 5.69 Å². The molecular weight excluding hydrogens is 358 g/mol. The van der Waals surface area contributed by atoms with Gasteiger partial charge in [0.1, 0.15) is 10.7 Å². The lowest BCUT2D eigenvalue weighted by molar-refractivity contribution is 0.708. The Morgan fingerprint density at radius 1 is 1.38 bits per heavy atom. The molecule has 0 aliphatic carbocycles. The minimum atomic E-state index is -0.333. The summed E-state index contributed by atoms with van der Waals surface area (Å²) in [4.78, 5) is 16.2. The second-order valence-corrected chi connectivity index (χ2v) is 5.79. The van der Waals surface area contributed by atoms with Crippen molar-refractivity contribution in [3.8, 4) is 0 Å². The van der Waals surface area contributed by atoms with E-state index in [1.807, 2.05) is 28.9 Å². The molecule has 108 valence electrons. The van der Waals surface area contributed by atoms with Gasteiger partial charge < -0.3 is 9.72 Å². The van der Waals surface area contributed by atoms with Gasteiger partial charge in [-0.25, -0.2) is 9.67 Å². The van der Waals surface area contributed by atoms with Crippen LogP contribution in [0.25, 0.3) is 5.65 Å². The van der Waals surface area contributed by atoms with Gasteiger partial charge in [-0.2, -0.15) is 5.10 Å². The van der Waals surface area contributed by atoms with Gasteiger partial charge in [-0.05, 0) is 28.1 Å². The molecule has 0 fully saturated rings. The quantitative estimate of drug-likeness (QED) is 0.771. The van der Waals surface area contributed by atoms with Gasteiger partial charge in [0.25, 0.3) is 5.56 Å². The number of nitrogens with zero attached hydrogens (tertiary/aromatic N) is 4. The first kappa shape index (κ1) is 14.1. The van der Waals surface area contributed by atoms with Crippen LogP contribution in [0.15, 0.2) is 40.0 Å². The molecule has 0 aliphatic heterocycles. The van der Waals surface area contributed by atoms with Gasteiger partial charge in [-0.15, -0.1) is 0 Å². The second kappa shape index (κ2) is 5.50. The third-order valence-electron chi connectivity index (χ3n) is 3.00. The van der Waals surface area contributed by atoms with E-state index in [2.05, 4.69) is 31.3 Å². The standard InChI is InChI=1S/C13H11BrClN5O/c1-19-13(21)12(15)10(5-17-19)16-4-9-7-20-6-8(14)2-3-11(20)18-9/h2-3,5-7,16H,4H2,1H3. The molecule has 0 amide bonds. The number of anilines is 1. The predicted molar refractivity (Wildman–Crippen MR) is 84.7 cm³/mol. The molecule has 1 N–H and O–H groups in total. The number of pyridine rings is 1. The van der Waals surface area contributed by atoms with E-state index < -0.39 is 0 Å². The first-order valence-corrected chi connectivity index (χ1v) is 7.30. The molecule has 3 aromatic heterocycles. The summed E-state index contributed by atoms with van der Waals surface area (Å²) in [6, 6.07) is 3.85. The largest absolute Gasteiger partial charge is 0.377 e. The average Bonchev–Trinajstić information content (AvgIpc) is 2.86. The molecule has 0 radical (unpaired) electrons. The van der Waals surface area contributed by atoms with E-state index in [0.717, 1.165) is 15.8 Å². The van der Waals surface area contributed by atoms with Crippen LogP contribution in [0.5, 0.6) is 0 Å². The molecule has 3 rings (SSSR count). The van der Waals surface area contributed by atoms with Gasteiger partial charge in [-0.3, -0.25) is 4.79 Å². The molecular formula is C13H11BrClN5O. The number of nitrogens with one attached hydrogen (secondary N) is 1. The molecule has 6 nitrogen and oxygen atoms in total. The van der Waals surface area contributed by atoms with Crippen molar-refractivity contribution in [2.45, 2.75) is 6.54 Å². The van der Waals surface area contributed by atoms with E-state index in [0.29, 0.717) is 12.2 Å². The lowest BCUT2D eigenvalue weighted by Crippen LogP contribution is -2.21. The molecule has 0 spiro atoms. The third kappa shape index (κ3) is 2.79. The van der Waals surface area contributed by atoms with Crippen LogP contribution in [-0.4, -0.2) is 19.2 Å². The number of rotatable bonds is 3. The molecule has 0 unspecified atom stereocenters. The highest BCUT2D eigenvalue weighted by Gasteiger charge is 2.08. The third-order valence-corrected chi connectivity index (χ3v) is 3.84. The summed E-state index contributed by atoms with van der Waals surface area (Å²) in [5.41, 5.74) is 1.85. The first-order valence-electron chi connectivity index (χ1n) is 6.13. The van der Waals surface area contributed by atoms with E-state index in [9.17, 15) is 4.79 Å². The maximum absolute atomic E-state index is 11.7. The number of hydrogen-bond donors (Lipinski definition) is 1. The molecule has 0 saturated heterocycles. The summed E-state index contributed by atoms with van der Waals surface area (Å²) in [5, 5.41) is 7.13. The van der Waals surface area contributed by atoms with Crippen molar-refractivity contribution in [1.29, 1.82) is 0 Å². The Labute approximate surface area is 133 Å². The summed E-state index contributed by atoms with van der Waals surface area (Å²) in [5.74, 6) is 0. The van der Waals surface area contributed by atoms with E-state index in [1.165, 1.54) is 10.9 Å². The van der Waals surface area contributed by atoms with Crippen molar-refractivity contribution in [1.82, 2.24) is 19.2 Å². The van der Waals surface area contributed by atoms with Gasteiger partial charge in [0.2, 0.25) is 0 Å². The number of aromatic nitrogens is 4. The fraction of sp³-hybridized carbons (Fsp3) is 0.154. The summed E-state index contributed by atoms with van der Waals surface area (Å²) in [6.45, 7) is 0.452. The van der Waals surface area contributed by atoms with Crippen LogP contribution >= 0.6 is 27.5 Å². The zero-order valence-corrected chi connectivity index (χ0v) is 13.4. The first-order chi connectivity index (χ1) is 10.0. The zero-order chi connectivity index (χ0) is 15.0. The fourth-order valence-corrected chi connectivity index (χ4v) is 2.51. The highest BCUT2D eigenvalue weighted by Crippen LogP contribution is 2.17. The Hall–Kier alpha value is -1.86. The van der Waals surface area contributed by atoms with Crippen molar-refractivity contribution in [2.24, 2.45) is 7.05 Å². The summed E-state index contributed by atoms with van der Waals surface area (Å²) in [6.07, 6.45) is 5.37. The van der Waals surface area contributed by atoms with Crippen LogP contribution in [0.2, 0.25) is 5.02 Å². The van der Waals surface area contributed by atoms with Crippen LogP contribution in [0.3, 0.4) is 0 Å². The maximum Gasteiger partial charge on any atom is 0.287 e. The highest BCUT2D eigenvalue weighted by molar-refractivity contribution is 9.10. The Morgan fingerprint density at radius 2 is 2.19 bits per heavy atom. The van der Waals surface area contributed by atoms with Gasteiger partial charge in [0, 0.05) is 23.9 Å². The molecule has 21 heavy (non-hydrogen) atoms. The van der Waals surface area contributed by atoms with Crippen LogP contribution in [0, 0.1) is 0 Å². The number of halogens is 2. The fourth-order valence-electron chi connectivity index (χ4n) is 1.92. The van der Waals surface area contributed by atoms with Crippen molar-refractivity contribution < 1.29 is 0 Å². The Morgan fingerprint density at radius 3 is 3.00 bits per heavy atom. The summed E-state index contributed by atoms with van der Waals surface area (Å²) < 4.78 is 4.09. The zero-order valence-electron chi connectivity index (χ0n) is 11.0. The molecule has 0 saturated carbocycles. The number of hydrogen-bond acceptors (Lipinski definition) is 4. The molecule has 0 bridgehead atoms. The molecule has 0 atom stereocenters. The van der Waals surface area contributed by atoms with Gasteiger partial charge >= 0.3 is 0 Å². The van der Waals surface area contributed by atoms with Gasteiger partial charge in [-0.1, -0.05) is 11.6 Å². The lowest BCUT2D eigenvalue weighted by Gasteiger charge is -2.06. The SMILES string of the molecule is Cn1ncc(NCc2cn3cc(Br)ccc3n2)c(Cl)c1=O. The maximum atomic E-state index is 11.7.